The Morgan fingerprint density at radius 2 is 1.95 bits per heavy atom. The Kier molecular flexibility index (Phi) is 3.04. The SMILES string of the molecule is NC1(c2noc(-c3ccccc3-n3cccn3)n2)CCCC1. The fourth-order valence-corrected chi connectivity index (χ4v) is 3.03. The zero-order chi connectivity index (χ0) is 15.0. The van der Waals surface area contributed by atoms with Crippen molar-refractivity contribution in [3.8, 4) is 17.1 Å². The first-order valence-corrected chi connectivity index (χ1v) is 7.49. The number of nitrogens with two attached hydrogens (primary N) is 1. The van der Waals surface area contributed by atoms with Crippen LogP contribution in [0.4, 0.5) is 0 Å². The summed E-state index contributed by atoms with van der Waals surface area (Å²) in [4.78, 5) is 4.56. The topological polar surface area (TPSA) is 82.8 Å². The maximum Gasteiger partial charge on any atom is 0.260 e. The van der Waals surface area contributed by atoms with Crippen molar-refractivity contribution in [2.45, 2.75) is 31.2 Å². The molecule has 0 atom stereocenters. The van der Waals surface area contributed by atoms with Crippen LogP contribution in [0.5, 0.6) is 0 Å². The molecule has 2 aromatic heterocycles. The van der Waals surface area contributed by atoms with Gasteiger partial charge in [-0.25, -0.2) is 4.68 Å². The zero-order valence-corrected chi connectivity index (χ0v) is 12.1. The van der Waals surface area contributed by atoms with Crippen molar-refractivity contribution in [2.24, 2.45) is 5.73 Å². The highest BCUT2D eigenvalue weighted by Gasteiger charge is 2.36. The van der Waals surface area contributed by atoms with E-state index in [1.54, 1.807) is 10.9 Å². The van der Waals surface area contributed by atoms with Crippen LogP contribution >= 0.6 is 0 Å². The van der Waals surface area contributed by atoms with Crippen LogP contribution in [-0.2, 0) is 5.54 Å². The minimum atomic E-state index is -0.442. The number of rotatable bonds is 3. The molecule has 112 valence electrons. The Morgan fingerprint density at radius 1 is 1.14 bits per heavy atom. The van der Waals surface area contributed by atoms with Gasteiger partial charge in [0.2, 0.25) is 0 Å². The first-order chi connectivity index (χ1) is 10.8. The van der Waals surface area contributed by atoms with Gasteiger partial charge in [-0.1, -0.05) is 30.1 Å². The summed E-state index contributed by atoms with van der Waals surface area (Å²) in [6.07, 6.45) is 7.68. The molecule has 1 aliphatic carbocycles. The molecule has 1 saturated carbocycles. The second-order valence-corrected chi connectivity index (χ2v) is 5.75. The van der Waals surface area contributed by atoms with Crippen molar-refractivity contribution in [1.29, 1.82) is 0 Å². The molecule has 0 aliphatic heterocycles. The van der Waals surface area contributed by atoms with E-state index in [9.17, 15) is 0 Å². The summed E-state index contributed by atoms with van der Waals surface area (Å²) in [6.45, 7) is 0. The molecule has 4 rings (SSSR count). The molecule has 6 nitrogen and oxygen atoms in total. The lowest BCUT2D eigenvalue weighted by Crippen LogP contribution is -2.34. The predicted molar refractivity (Wildman–Crippen MR) is 81.2 cm³/mol. The summed E-state index contributed by atoms with van der Waals surface area (Å²) in [5.74, 6) is 1.09. The van der Waals surface area contributed by atoms with Gasteiger partial charge in [0, 0.05) is 12.4 Å². The lowest BCUT2D eigenvalue weighted by atomic mass is 9.98. The van der Waals surface area contributed by atoms with E-state index in [0.717, 1.165) is 36.9 Å². The Morgan fingerprint density at radius 3 is 2.73 bits per heavy atom. The first kappa shape index (κ1) is 13.2. The second-order valence-electron chi connectivity index (χ2n) is 5.75. The Hall–Kier alpha value is -2.47. The highest BCUT2D eigenvalue weighted by atomic mass is 16.5. The van der Waals surface area contributed by atoms with Crippen LogP contribution in [0.3, 0.4) is 0 Å². The fraction of sp³-hybridized carbons (Fsp3) is 0.312. The third kappa shape index (κ3) is 2.12. The number of nitrogens with zero attached hydrogens (tertiary/aromatic N) is 4. The van der Waals surface area contributed by atoms with Crippen molar-refractivity contribution < 1.29 is 4.52 Å². The summed E-state index contributed by atoms with van der Waals surface area (Å²) in [6, 6.07) is 9.70. The summed E-state index contributed by atoms with van der Waals surface area (Å²) < 4.78 is 7.27. The van der Waals surface area contributed by atoms with Gasteiger partial charge in [-0.2, -0.15) is 10.1 Å². The van der Waals surface area contributed by atoms with Crippen molar-refractivity contribution in [3.63, 3.8) is 0 Å². The van der Waals surface area contributed by atoms with Gasteiger partial charge in [-0.3, -0.25) is 0 Å². The van der Waals surface area contributed by atoms with Gasteiger partial charge >= 0.3 is 0 Å². The van der Waals surface area contributed by atoms with Crippen molar-refractivity contribution >= 4 is 0 Å². The molecular weight excluding hydrogens is 278 g/mol. The van der Waals surface area contributed by atoms with Crippen LogP contribution in [0, 0.1) is 0 Å². The molecule has 6 heteroatoms. The number of hydrogen-bond donors (Lipinski definition) is 1. The maximum atomic E-state index is 6.40. The fourth-order valence-electron chi connectivity index (χ4n) is 3.03. The Bertz CT molecular complexity index is 771. The maximum absolute atomic E-state index is 6.40. The Labute approximate surface area is 127 Å². The molecule has 1 aliphatic rings. The molecule has 2 heterocycles. The van der Waals surface area contributed by atoms with Crippen molar-refractivity contribution in [3.05, 3.63) is 48.5 Å². The Balaban J connectivity index is 1.76. The van der Waals surface area contributed by atoms with Crippen LogP contribution < -0.4 is 5.73 Å². The second kappa shape index (κ2) is 5.06. The van der Waals surface area contributed by atoms with Crippen LogP contribution in [0.2, 0.25) is 0 Å². The van der Waals surface area contributed by atoms with Crippen LogP contribution in [0.15, 0.2) is 47.2 Å². The summed E-state index contributed by atoms with van der Waals surface area (Å²) >= 11 is 0. The molecule has 0 amide bonds. The predicted octanol–water partition coefficient (Wildman–Crippen LogP) is 2.65. The molecule has 3 aromatic rings. The van der Waals surface area contributed by atoms with Gasteiger partial charge in [0.1, 0.15) is 0 Å². The van der Waals surface area contributed by atoms with Gasteiger partial charge < -0.3 is 10.3 Å². The van der Waals surface area contributed by atoms with Gasteiger partial charge in [0.05, 0.1) is 16.8 Å². The summed E-state index contributed by atoms with van der Waals surface area (Å²) in [5, 5.41) is 8.40. The standard InChI is InChI=1S/C16H17N5O/c17-16(8-3-4-9-16)15-19-14(22-20-15)12-6-1-2-7-13(12)21-11-5-10-18-21/h1-2,5-7,10-11H,3-4,8-9,17H2. The van der Waals surface area contributed by atoms with Crippen LogP contribution in [0.25, 0.3) is 17.1 Å². The van der Waals surface area contributed by atoms with E-state index in [0.29, 0.717) is 11.7 Å². The van der Waals surface area contributed by atoms with E-state index in [-0.39, 0.29) is 0 Å². The minimum absolute atomic E-state index is 0.442. The quantitative estimate of drug-likeness (QED) is 0.803. The minimum Gasteiger partial charge on any atom is -0.334 e. The number of aromatic nitrogens is 4. The van der Waals surface area contributed by atoms with Crippen LogP contribution in [-0.4, -0.2) is 19.9 Å². The number of benzene rings is 1. The van der Waals surface area contributed by atoms with Crippen LogP contribution in [0.1, 0.15) is 31.5 Å². The zero-order valence-electron chi connectivity index (χ0n) is 12.1. The molecule has 0 bridgehead atoms. The van der Waals surface area contributed by atoms with Gasteiger partial charge in [-0.15, -0.1) is 0 Å². The van der Waals surface area contributed by atoms with Gasteiger partial charge in [0.25, 0.3) is 5.89 Å². The average molecular weight is 295 g/mol. The molecule has 0 saturated heterocycles. The molecule has 0 radical (unpaired) electrons. The lowest BCUT2D eigenvalue weighted by molar-refractivity contribution is 0.372. The monoisotopic (exact) mass is 295 g/mol. The van der Waals surface area contributed by atoms with Gasteiger partial charge in [0.15, 0.2) is 5.82 Å². The largest absolute Gasteiger partial charge is 0.334 e. The third-order valence-corrected chi connectivity index (χ3v) is 4.25. The third-order valence-electron chi connectivity index (χ3n) is 4.25. The highest BCUT2D eigenvalue weighted by molar-refractivity contribution is 5.65. The van der Waals surface area contributed by atoms with Gasteiger partial charge in [-0.05, 0) is 31.0 Å². The van der Waals surface area contributed by atoms with E-state index in [2.05, 4.69) is 15.2 Å². The van der Waals surface area contributed by atoms with E-state index in [1.165, 1.54) is 0 Å². The molecular formula is C16H17N5O. The van der Waals surface area contributed by atoms with E-state index < -0.39 is 5.54 Å². The summed E-state index contributed by atoms with van der Waals surface area (Å²) in [7, 11) is 0. The highest BCUT2D eigenvalue weighted by Crippen LogP contribution is 2.36. The lowest BCUT2D eigenvalue weighted by Gasteiger charge is -2.17. The first-order valence-electron chi connectivity index (χ1n) is 7.49. The molecule has 22 heavy (non-hydrogen) atoms. The molecule has 0 unspecified atom stereocenters. The number of hydrogen-bond acceptors (Lipinski definition) is 5. The normalized spacial score (nSPS) is 17.0. The van der Waals surface area contributed by atoms with Crippen molar-refractivity contribution in [1.82, 2.24) is 19.9 Å². The number of para-hydroxylation sites is 1. The molecule has 1 aromatic carbocycles. The molecule has 1 fully saturated rings. The van der Waals surface area contributed by atoms with Crippen molar-refractivity contribution in [2.75, 3.05) is 0 Å². The van der Waals surface area contributed by atoms with E-state index in [1.807, 2.05) is 36.5 Å². The van der Waals surface area contributed by atoms with E-state index >= 15 is 0 Å². The molecule has 2 N–H and O–H groups in total. The molecule has 0 spiro atoms. The summed E-state index contributed by atoms with van der Waals surface area (Å²) in [5.41, 5.74) is 7.72. The average Bonchev–Trinajstić information content (AvgIpc) is 3.29. The van der Waals surface area contributed by atoms with E-state index in [4.69, 9.17) is 10.3 Å². The smallest absolute Gasteiger partial charge is 0.260 e.